The molecule has 5 N–H and O–H groups in total. The summed E-state index contributed by atoms with van der Waals surface area (Å²) in [6, 6.07) is 18.6. The molecule has 0 saturated heterocycles. The number of nitrogens with two attached hydrogens (primary N) is 2. The van der Waals surface area contributed by atoms with Crippen LogP contribution in [0.25, 0.3) is 32.6 Å². The summed E-state index contributed by atoms with van der Waals surface area (Å²) in [4.78, 5) is 17.4. The molecule has 0 spiro atoms. The van der Waals surface area contributed by atoms with Gasteiger partial charge < -0.3 is 16.6 Å². The van der Waals surface area contributed by atoms with Crippen molar-refractivity contribution in [1.82, 2.24) is 4.98 Å². The van der Waals surface area contributed by atoms with Crippen molar-refractivity contribution in [3.63, 3.8) is 0 Å². The highest BCUT2D eigenvalue weighted by Crippen LogP contribution is 2.41. The Labute approximate surface area is 153 Å². The summed E-state index contributed by atoms with van der Waals surface area (Å²) in [5.74, 6) is -0.370. The molecule has 0 radical (unpaired) electrons. The van der Waals surface area contributed by atoms with Gasteiger partial charge in [-0.1, -0.05) is 30.3 Å². The number of benzene rings is 2. The van der Waals surface area contributed by atoms with E-state index in [1.807, 2.05) is 36.4 Å². The number of rotatable bonds is 3. The molecule has 0 fully saturated rings. The van der Waals surface area contributed by atoms with Crippen molar-refractivity contribution in [2.24, 2.45) is 5.73 Å². The van der Waals surface area contributed by atoms with Gasteiger partial charge in [0.2, 0.25) is 0 Å². The fourth-order valence-corrected chi connectivity index (χ4v) is 3.90. The zero-order chi connectivity index (χ0) is 18.3. The van der Waals surface area contributed by atoms with Gasteiger partial charge in [0.15, 0.2) is 0 Å². The summed E-state index contributed by atoms with van der Waals surface area (Å²) in [6.07, 6.45) is 0. The van der Waals surface area contributed by atoms with E-state index in [4.69, 9.17) is 11.5 Å². The molecule has 2 aromatic heterocycles. The molecule has 4 rings (SSSR count). The molecule has 0 aliphatic heterocycles. The van der Waals surface area contributed by atoms with E-state index in [0.717, 1.165) is 27.8 Å². The smallest absolute Gasteiger partial charge is 0.260 e. The Morgan fingerprint density at radius 1 is 1.00 bits per heavy atom. The molecule has 128 valence electrons. The second-order valence-electron chi connectivity index (χ2n) is 5.86. The van der Waals surface area contributed by atoms with E-state index in [1.165, 1.54) is 11.3 Å². The van der Waals surface area contributed by atoms with Gasteiger partial charge in [-0.15, -0.1) is 11.3 Å². The maximum atomic E-state index is 11.7. The van der Waals surface area contributed by atoms with Crippen LogP contribution in [0.15, 0.2) is 60.7 Å². The van der Waals surface area contributed by atoms with Crippen molar-refractivity contribution in [3.8, 4) is 28.1 Å². The van der Waals surface area contributed by atoms with Gasteiger partial charge >= 0.3 is 0 Å². The minimum absolute atomic E-state index is 0.189. The van der Waals surface area contributed by atoms with Crippen LogP contribution in [0.3, 0.4) is 0 Å². The number of aromatic hydroxyl groups is 1. The van der Waals surface area contributed by atoms with Crippen molar-refractivity contribution in [3.05, 3.63) is 65.5 Å². The number of hydrogen-bond donors (Lipinski definition) is 3. The van der Waals surface area contributed by atoms with Crippen LogP contribution in [-0.4, -0.2) is 16.0 Å². The van der Waals surface area contributed by atoms with Gasteiger partial charge in [-0.25, -0.2) is 4.98 Å². The van der Waals surface area contributed by atoms with Crippen molar-refractivity contribution in [1.29, 1.82) is 0 Å². The summed E-state index contributed by atoms with van der Waals surface area (Å²) >= 11 is 1.19. The van der Waals surface area contributed by atoms with Crippen LogP contribution < -0.4 is 11.5 Å². The molecule has 0 aliphatic carbocycles. The molecule has 2 aromatic carbocycles. The van der Waals surface area contributed by atoms with Gasteiger partial charge in [-0.05, 0) is 41.5 Å². The van der Waals surface area contributed by atoms with E-state index in [1.54, 1.807) is 24.3 Å². The zero-order valence-electron chi connectivity index (χ0n) is 13.6. The Balaban J connectivity index is 2.04. The number of phenols is 1. The number of phenolic OH excluding ortho intramolecular Hbond substituents is 1. The Morgan fingerprint density at radius 2 is 1.69 bits per heavy atom. The standard InChI is InChI=1S/C20H15N3O2S/c21-17-16-14(11-4-2-1-3-5-11)10-15(12-6-8-13(24)9-7-12)23-20(16)26-18(17)19(22)25/h1-10,24H,21H2,(H2,22,25). The van der Waals surface area contributed by atoms with Gasteiger partial charge in [0.25, 0.3) is 5.91 Å². The molecule has 1 amide bonds. The first-order valence-electron chi connectivity index (χ1n) is 7.92. The van der Waals surface area contributed by atoms with Gasteiger partial charge in [0.05, 0.1) is 11.4 Å². The average molecular weight is 361 g/mol. The van der Waals surface area contributed by atoms with Gasteiger partial charge in [0, 0.05) is 10.9 Å². The summed E-state index contributed by atoms with van der Waals surface area (Å²) in [6.45, 7) is 0. The van der Waals surface area contributed by atoms with E-state index in [2.05, 4.69) is 4.98 Å². The second kappa shape index (κ2) is 6.16. The molecule has 6 heteroatoms. The predicted molar refractivity (Wildman–Crippen MR) is 105 cm³/mol. The van der Waals surface area contributed by atoms with Crippen LogP contribution in [0.4, 0.5) is 5.69 Å². The summed E-state index contributed by atoms with van der Waals surface area (Å²) in [7, 11) is 0. The molecule has 0 saturated carbocycles. The first kappa shape index (κ1) is 16.1. The predicted octanol–water partition coefficient (Wildman–Crippen LogP) is 4.02. The average Bonchev–Trinajstić information content (AvgIpc) is 2.99. The van der Waals surface area contributed by atoms with Crippen LogP contribution >= 0.6 is 11.3 Å². The monoisotopic (exact) mass is 361 g/mol. The van der Waals surface area contributed by atoms with Crippen LogP contribution in [0.5, 0.6) is 5.75 Å². The number of primary amides is 1. The first-order valence-corrected chi connectivity index (χ1v) is 8.74. The number of aromatic nitrogens is 1. The Morgan fingerprint density at radius 3 is 2.35 bits per heavy atom. The number of hydrogen-bond acceptors (Lipinski definition) is 5. The quantitative estimate of drug-likeness (QED) is 0.513. The molecular weight excluding hydrogens is 346 g/mol. The highest BCUT2D eigenvalue weighted by Gasteiger charge is 2.20. The summed E-state index contributed by atoms with van der Waals surface area (Å²) in [5.41, 5.74) is 15.5. The third-order valence-corrected chi connectivity index (χ3v) is 5.28. The lowest BCUT2D eigenvalue weighted by molar-refractivity contribution is 0.100. The van der Waals surface area contributed by atoms with Crippen LogP contribution in [0.2, 0.25) is 0 Å². The number of pyridine rings is 1. The van der Waals surface area contributed by atoms with Crippen molar-refractivity contribution in [2.45, 2.75) is 0 Å². The van der Waals surface area contributed by atoms with Crippen molar-refractivity contribution in [2.75, 3.05) is 5.73 Å². The van der Waals surface area contributed by atoms with Gasteiger partial charge in [0.1, 0.15) is 15.5 Å². The first-order chi connectivity index (χ1) is 12.5. The Kier molecular flexibility index (Phi) is 3.82. The second-order valence-corrected chi connectivity index (χ2v) is 6.86. The highest BCUT2D eigenvalue weighted by atomic mass is 32.1. The number of nitrogen functional groups attached to an aromatic ring is 1. The number of carbonyl (C=O) groups is 1. The van der Waals surface area contributed by atoms with Crippen LogP contribution in [-0.2, 0) is 0 Å². The lowest BCUT2D eigenvalue weighted by Crippen LogP contribution is -2.10. The maximum absolute atomic E-state index is 11.7. The normalized spacial score (nSPS) is 10.9. The van der Waals surface area contributed by atoms with Gasteiger partial charge in [-0.3, -0.25) is 4.79 Å². The maximum Gasteiger partial charge on any atom is 0.260 e. The molecule has 2 heterocycles. The number of carbonyl (C=O) groups excluding carboxylic acids is 1. The third-order valence-electron chi connectivity index (χ3n) is 4.17. The largest absolute Gasteiger partial charge is 0.508 e. The molecule has 4 aromatic rings. The minimum atomic E-state index is -0.560. The molecular formula is C20H15N3O2S. The lowest BCUT2D eigenvalue weighted by atomic mass is 9.99. The zero-order valence-corrected chi connectivity index (χ0v) is 14.5. The minimum Gasteiger partial charge on any atom is -0.508 e. The molecule has 0 atom stereocenters. The number of amides is 1. The molecule has 0 aliphatic rings. The van der Waals surface area contributed by atoms with Crippen LogP contribution in [0.1, 0.15) is 9.67 Å². The lowest BCUT2D eigenvalue weighted by Gasteiger charge is -2.09. The molecule has 0 bridgehead atoms. The number of fused-ring (bicyclic) bond motifs is 1. The SMILES string of the molecule is NC(=O)c1sc2nc(-c3ccc(O)cc3)cc(-c3ccccc3)c2c1N. The fourth-order valence-electron chi connectivity index (χ4n) is 2.93. The highest BCUT2D eigenvalue weighted by molar-refractivity contribution is 7.21. The fraction of sp³-hybridized carbons (Fsp3) is 0. The molecule has 0 unspecified atom stereocenters. The van der Waals surface area contributed by atoms with E-state index >= 15 is 0 Å². The van der Waals surface area contributed by atoms with Crippen molar-refractivity contribution < 1.29 is 9.90 Å². The Hall–Kier alpha value is -3.38. The summed E-state index contributed by atoms with van der Waals surface area (Å²) in [5, 5.41) is 10.3. The van der Waals surface area contributed by atoms with E-state index in [0.29, 0.717) is 15.4 Å². The number of thiophene rings is 1. The van der Waals surface area contributed by atoms with Crippen LogP contribution in [0, 0.1) is 0 Å². The number of nitrogens with zero attached hydrogens (tertiary/aromatic N) is 1. The molecule has 26 heavy (non-hydrogen) atoms. The van der Waals surface area contributed by atoms with E-state index in [9.17, 15) is 9.90 Å². The van der Waals surface area contributed by atoms with Gasteiger partial charge in [-0.2, -0.15) is 0 Å². The van der Waals surface area contributed by atoms with Crippen molar-refractivity contribution >= 4 is 33.1 Å². The Bertz CT molecular complexity index is 1120. The van der Waals surface area contributed by atoms with E-state index < -0.39 is 5.91 Å². The summed E-state index contributed by atoms with van der Waals surface area (Å²) < 4.78 is 0. The molecule has 5 nitrogen and oxygen atoms in total. The van der Waals surface area contributed by atoms with E-state index in [-0.39, 0.29) is 5.75 Å². The topological polar surface area (TPSA) is 102 Å². The number of anilines is 1. The third kappa shape index (κ3) is 2.66.